The molecule has 0 bridgehead atoms. The molecular formula is C19H6ClF9O2. The van der Waals surface area contributed by atoms with Crippen LogP contribution >= 0.6 is 11.6 Å². The van der Waals surface area contributed by atoms with Gasteiger partial charge in [0.25, 0.3) is 5.13 Å². The number of fused-ring (bicyclic) bond motifs is 1. The zero-order valence-electron chi connectivity index (χ0n) is 14.6. The highest BCUT2D eigenvalue weighted by molar-refractivity contribution is 6.38. The fraction of sp³-hybridized carbons (Fsp3) is 0.211. The van der Waals surface area contributed by atoms with Crippen molar-refractivity contribution in [1.29, 1.82) is 0 Å². The highest BCUT2D eigenvalue weighted by Crippen LogP contribution is 2.74. The second-order valence-electron chi connectivity index (χ2n) is 6.82. The summed E-state index contributed by atoms with van der Waals surface area (Å²) in [5.41, 5.74) is -7.83. The van der Waals surface area contributed by atoms with Gasteiger partial charge in [-0.2, -0.15) is 8.78 Å². The molecule has 4 atom stereocenters. The molecule has 2 aliphatic rings. The van der Waals surface area contributed by atoms with E-state index in [0.717, 1.165) is 12.1 Å². The minimum atomic E-state index is -4.33. The summed E-state index contributed by atoms with van der Waals surface area (Å²) in [6.07, 6.45) is 0. The molecule has 0 amide bonds. The molecule has 2 aromatic carbocycles. The third-order valence-electron chi connectivity index (χ3n) is 5.24. The number of carbonyl (C=O) groups is 1. The highest BCUT2D eigenvalue weighted by atomic mass is 35.5. The van der Waals surface area contributed by atoms with Crippen molar-refractivity contribution in [2.75, 3.05) is 0 Å². The van der Waals surface area contributed by atoms with Crippen LogP contribution in [0.4, 0.5) is 39.5 Å². The lowest BCUT2D eigenvalue weighted by Gasteiger charge is -2.28. The molecular weight excluding hydrogens is 467 g/mol. The van der Waals surface area contributed by atoms with Crippen molar-refractivity contribution in [2.24, 2.45) is 0 Å². The van der Waals surface area contributed by atoms with E-state index in [4.69, 9.17) is 11.6 Å². The Hall–Kier alpha value is -2.69. The summed E-state index contributed by atoms with van der Waals surface area (Å²) >= 11 is 5.03. The third-order valence-corrected chi connectivity index (χ3v) is 5.57. The lowest BCUT2D eigenvalue weighted by molar-refractivity contribution is -0.136. The summed E-state index contributed by atoms with van der Waals surface area (Å²) in [7, 11) is 0. The Labute approximate surface area is 171 Å². The molecule has 164 valence electrons. The quantitative estimate of drug-likeness (QED) is 0.250. The van der Waals surface area contributed by atoms with Crippen LogP contribution in [0, 0.1) is 29.1 Å². The summed E-state index contributed by atoms with van der Waals surface area (Å²) in [5, 5.41) is -4.33. The van der Waals surface area contributed by atoms with E-state index >= 15 is 4.39 Å². The number of ether oxygens (including phenoxy) is 1. The molecule has 0 spiro atoms. The molecule has 0 aromatic heterocycles. The first-order chi connectivity index (χ1) is 14.3. The van der Waals surface area contributed by atoms with E-state index in [1.54, 1.807) is 0 Å². The molecule has 31 heavy (non-hydrogen) atoms. The molecule has 0 radical (unpaired) electrons. The number of benzene rings is 2. The number of Topliss-reactive ketones (excluding diaryl/α,β-unsaturated/α-hetero) is 1. The maximum absolute atomic E-state index is 15.7. The van der Waals surface area contributed by atoms with E-state index in [2.05, 4.69) is 4.74 Å². The van der Waals surface area contributed by atoms with Crippen molar-refractivity contribution in [3.63, 3.8) is 0 Å². The number of carbonyl (C=O) groups excluding carboxylic acids is 1. The maximum Gasteiger partial charge on any atom is 0.298 e. The zero-order valence-corrected chi connectivity index (χ0v) is 15.3. The first-order valence-electron chi connectivity index (χ1n) is 8.28. The van der Waals surface area contributed by atoms with Crippen LogP contribution < -0.4 is 4.74 Å². The van der Waals surface area contributed by atoms with E-state index in [1.165, 1.54) is 18.2 Å². The molecule has 12 heteroatoms. The van der Waals surface area contributed by atoms with Crippen molar-refractivity contribution in [3.8, 4) is 5.75 Å². The van der Waals surface area contributed by atoms with Crippen molar-refractivity contribution < 1.29 is 49.0 Å². The van der Waals surface area contributed by atoms with E-state index in [9.17, 15) is 39.9 Å². The number of halogens is 10. The van der Waals surface area contributed by atoms with Crippen LogP contribution in [0.25, 0.3) is 0 Å². The van der Waals surface area contributed by atoms with E-state index < -0.39 is 74.6 Å². The van der Waals surface area contributed by atoms with Crippen LogP contribution in [0.15, 0.2) is 42.0 Å². The van der Waals surface area contributed by atoms with Crippen LogP contribution in [0.5, 0.6) is 5.75 Å². The van der Waals surface area contributed by atoms with E-state index in [-0.39, 0.29) is 5.56 Å². The number of hydrogen-bond acceptors (Lipinski definition) is 2. The number of ketones is 1. The number of hydrogen-bond donors (Lipinski definition) is 0. The average molecular weight is 473 g/mol. The van der Waals surface area contributed by atoms with Gasteiger partial charge in [0, 0.05) is 0 Å². The topological polar surface area (TPSA) is 26.3 Å². The monoisotopic (exact) mass is 472 g/mol. The molecule has 0 heterocycles. The van der Waals surface area contributed by atoms with Gasteiger partial charge in [-0.1, -0.05) is 41.9 Å². The lowest BCUT2D eigenvalue weighted by Crippen LogP contribution is -2.49. The second-order valence-corrected chi connectivity index (χ2v) is 7.34. The second kappa shape index (κ2) is 6.41. The fourth-order valence-electron chi connectivity index (χ4n) is 3.75. The van der Waals surface area contributed by atoms with Crippen molar-refractivity contribution in [1.82, 2.24) is 0 Å². The van der Waals surface area contributed by atoms with Gasteiger partial charge < -0.3 is 4.74 Å². The van der Waals surface area contributed by atoms with Gasteiger partial charge in [0.1, 0.15) is 0 Å². The van der Waals surface area contributed by atoms with Gasteiger partial charge >= 0.3 is 0 Å². The summed E-state index contributed by atoms with van der Waals surface area (Å²) in [6, 6.07) is 5.97. The fourth-order valence-corrected chi connectivity index (χ4v) is 3.97. The Morgan fingerprint density at radius 1 is 0.774 bits per heavy atom. The number of rotatable bonds is 3. The predicted octanol–water partition coefficient (Wildman–Crippen LogP) is 5.64. The predicted molar refractivity (Wildman–Crippen MR) is 86.6 cm³/mol. The summed E-state index contributed by atoms with van der Waals surface area (Å²) in [4.78, 5) is 12.3. The Morgan fingerprint density at radius 2 is 1.26 bits per heavy atom. The van der Waals surface area contributed by atoms with Gasteiger partial charge in [-0.05, 0) is 5.56 Å². The first kappa shape index (κ1) is 21.5. The minimum Gasteiger partial charge on any atom is -0.469 e. The normalized spacial score (nSPS) is 32.2. The third kappa shape index (κ3) is 2.40. The average Bonchev–Trinajstić information content (AvgIpc) is 3.32. The van der Waals surface area contributed by atoms with Crippen molar-refractivity contribution in [2.45, 2.75) is 22.3 Å². The SMILES string of the molecule is O=C1C(F)(Cl)C(F)=C(F)C2(Oc3c(F)c(F)c(F)c(F)c3F)C(c3ccccc3)C12F. The Bertz CT molecular complexity index is 1140. The molecule has 2 aromatic rings. The number of alkyl halides is 3. The van der Waals surface area contributed by atoms with Gasteiger partial charge in [-0.25, -0.2) is 30.7 Å². The van der Waals surface area contributed by atoms with Crippen LogP contribution in [0.1, 0.15) is 11.5 Å². The molecule has 0 saturated heterocycles. The summed E-state index contributed by atoms with van der Waals surface area (Å²) in [6.45, 7) is 0. The van der Waals surface area contributed by atoms with Crippen LogP contribution in [-0.4, -0.2) is 22.2 Å². The highest BCUT2D eigenvalue weighted by Gasteiger charge is 2.93. The standard InChI is InChI=1S/C19H6ClF9O2/c20-19(29)15(27)14(26)18(31-12-10(24)8(22)7(21)9(23)11(12)25)13(17(18,28)16(19)30)6-4-2-1-3-5-6/h1-5,13H. The van der Waals surface area contributed by atoms with E-state index in [1.807, 2.05) is 0 Å². The molecule has 0 aliphatic heterocycles. The smallest absolute Gasteiger partial charge is 0.298 e. The molecule has 4 rings (SSSR count). The van der Waals surface area contributed by atoms with Crippen LogP contribution in [0.2, 0.25) is 0 Å². The summed E-state index contributed by atoms with van der Waals surface area (Å²) < 4.78 is 132. The molecule has 1 fully saturated rings. The molecule has 1 saturated carbocycles. The largest absolute Gasteiger partial charge is 0.469 e. The van der Waals surface area contributed by atoms with Crippen LogP contribution in [-0.2, 0) is 4.79 Å². The van der Waals surface area contributed by atoms with Gasteiger partial charge in [-0.15, -0.1) is 0 Å². The summed E-state index contributed by atoms with van der Waals surface area (Å²) in [5.74, 6) is -25.0. The Balaban J connectivity index is 2.00. The molecule has 0 N–H and O–H groups in total. The van der Waals surface area contributed by atoms with Crippen molar-refractivity contribution in [3.05, 3.63) is 76.6 Å². The Morgan fingerprint density at radius 3 is 1.77 bits per heavy atom. The number of allylic oxidation sites excluding steroid dienone is 1. The van der Waals surface area contributed by atoms with Gasteiger partial charge in [-0.3, -0.25) is 4.79 Å². The molecule has 4 unspecified atom stereocenters. The van der Waals surface area contributed by atoms with Crippen LogP contribution in [0.3, 0.4) is 0 Å². The van der Waals surface area contributed by atoms with E-state index in [0.29, 0.717) is 0 Å². The van der Waals surface area contributed by atoms with Gasteiger partial charge in [0.2, 0.25) is 46.1 Å². The molecule has 2 nitrogen and oxygen atoms in total. The molecule has 2 aliphatic carbocycles. The maximum atomic E-state index is 15.7. The first-order valence-corrected chi connectivity index (χ1v) is 8.66. The lowest BCUT2D eigenvalue weighted by atomic mass is 9.97. The van der Waals surface area contributed by atoms with Gasteiger partial charge in [0.05, 0.1) is 5.92 Å². The minimum absolute atomic E-state index is 0.334. The Kier molecular flexibility index (Phi) is 4.45. The van der Waals surface area contributed by atoms with Crippen molar-refractivity contribution >= 4 is 17.4 Å². The zero-order chi connectivity index (χ0) is 23.1. The van der Waals surface area contributed by atoms with Gasteiger partial charge in [0.15, 0.2) is 17.4 Å².